The minimum absolute atomic E-state index is 0.240. The van der Waals surface area contributed by atoms with Crippen molar-refractivity contribution in [2.24, 2.45) is 5.10 Å². The average molecular weight is 450 g/mol. The molecule has 7 nitrogen and oxygen atoms in total. The van der Waals surface area contributed by atoms with Crippen LogP contribution in [-0.4, -0.2) is 30.5 Å². The van der Waals surface area contributed by atoms with Crippen molar-refractivity contribution < 1.29 is 19.1 Å². The van der Waals surface area contributed by atoms with E-state index in [1.165, 1.54) is 12.3 Å². The Kier molecular flexibility index (Phi) is 7.72. The fourth-order valence-electron chi connectivity index (χ4n) is 2.70. The van der Waals surface area contributed by atoms with Crippen molar-refractivity contribution in [2.75, 3.05) is 6.54 Å². The van der Waals surface area contributed by atoms with Crippen LogP contribution in [0.2, 0.25) is 5.02 Å². The molecule has 32 heavy (non-hydrogen) atoms. The Morgan fingerprint density at radius 3 is 2.47 bits per heavy atom. The maximum Gasteiger partial charge on any atom is 0.343 e. The summed E-state index contributed by atoms with van der Waals surface area (Å²) < 4.78 is 5.38. The Morgan fingerprint density at radius 1 is 1.00 bits per heavy atom. The van der Waals surface area contributed by atoms with Crippen molar-refractivity contribution >= 4 is 35.6 Å². The summed E-state index contributed by atoms with van der Waals surface area (Å²) in [6, 6.07) is 20.2. The van der Waals surface area contributed by atoms with E-state index in [2.05, 4.69) is 15.8 Å². The average Bonchev–Trinajstić information content (AvgIpc) is 2.79. The Labute approximate surface area is 190 Å². The normalized spacial score (nSPS) is 10.6. The molecule has 0 heterocycles. The van der Waals surface area contributed by atoms with Gasteiger partial charge in [-0.25, -0.2) is 10.2 Å². The molecule has 0 aliphatic rings. The summed E-state index contributed by atoms with van der Waals surface area (Å²) in [5.41, 5.74) is 4.71. The molecule has 0 atom stereocenters. The minimum atomic E-state index is -0.486. The molecule has 0 aromatic heterocycles. The van der Waals surface area contributed by atoms with Gasteiger partial charge in [0.05, 0.1) is 18.3 Å². The van der Waals surface area contributed by atoms with Crippen molar-refractivity contribution in [1.29, 1.82) is 0 Å². The Hall–Kier alpha value is -3.97. The van der Waals surface area contributed by atoms with Gasteiger partial charge in [-0.1, -0.05) is 35.9 Å². The Balaban J connectivity index is 1.46. The summed E-state index contributed by atoms with van der Waals surface area (Å²) in [6.07, 6.45) is 1.43. The first-order valence-electron chi connectivity index (χ1n) is 9.66. The first kappa shape index (κ1) is 22.7. The highest BCUT2D eigenvalue weighted by atomic mass is 35.5. The quantitative estimate of drug-likeness (QED) is 0.248. The van der Waals surface area contributed by atoms with Crippen molar-refractivity contribution in [3.63, 3.8) is 0 Å². The van der Waals surface area contributed by atoms with E-state index in [0.717, 1.165) is 5.56 Å². The number of rotatable bonds is 7. The van der Waals surface area contributed by atoms with E-state index < -0.39 is 17.8 Å². The lowest BCUT2D eigenvalue weighted by atomic mass is 10.1. The predicted molar refractivity (Wildman–Crippen MR) is 122 cm³/mol. The molecule has 3 rings (SSSR count). The molecule has 162 valence electrons. The van der Waals surface area contributed by atoms with Crippen LogP contribution in [0.5, 0.6) is 5.75 Å². The van der Waals surface area contributed by atoms with E-state index in [9.17, 15) is 14.4 Å². The number of esters is 1. The molecular formula is C24H20ClN3O4. The zero-order valence-corrected chi connectivity index (χ0v) is 17.9. The first-order valence-corrected chi connectivity index (χ1v) is 10.0. The van der Waals surface area contributed by atoms with E-state index in [1.54, 1.807) is 54.6 Å². The van der Waals surface area contributed by atoms with Gasteiger partial charge in [0.25, 0.3) is 11.8 Å². The van der Waals surface area contributed by atoms with Gasteiger partial charge in [-0.15, -0.1) is 0 Å². The van der Waals surface area contributed by atoms with Crippen molar-refractivity contribution in [1.82, 2.24) is 10.7 Å². The highest BCUT2D eigenvalue weighted by molar-refractivity contribution is 6.31. The van der Waals surface area contributed by atoms with Crippen molar-refractivity contribution in [3.8, 4) is 5.75 Å². The number of aryl methyl sites for hydroxylation is 1. The number of amides is 2. The number of carbonyl (C=O) groups is 3. The molecule has 8 heteroatoms. The lowest BCUT2D eigenvalue weighted by molar-refractivity contribution is -0.120. The second kappa shape index (κ2) is 10.9. The highest BCUT2D eigenvalue weighted by Gasteiger charge is 2.11. The summed E-state index contributed by atoms with van der Waals surface area (Å²) in [5, 5.41) is 6.77. The highest BCUT2D eigenvalue weighted by Crippen LogP contribution is 2.15. The molecule has 2 amide bonds. The Bertz CT molecular complexity index is 1160. The number of nitrogens with zero attached hydrogens (tertiary/aromatic N) is 1. The lowest BCUT2D eigenvalue weighted by Crippen LogP contribution is -2.34. The number of hydrazone groups is 1. The monoisotopic (exact) mass is 449 g/mol. The Morgan fingerprint density at radius 2 is 1.75 bits per heavy atom. The van der Waals surface area contributed by atoms with Crippen molar-refractivity contribution in [2.45, 2.75) is 6.92 Å². The fraction of sp³-hybridized carbons (Fsp3) is 0.0833. The van der Waals surface area contributed by atoms with Crippen LogP contribution in [0.1, 0.15) is 31.8 Å². The largest absolute Gasteiger partial charge is 0.423 e. The molecule has 0 radical (unpaired) electrons. The van der Waals surface area contributed by atoms with Gasteiger partial charge in [-0.3, -0.25) is 9.59 Å². The van der Waals surface area contributed by atoms with E-state index in [1.807, 2.05) is 19.1 Å². The maximum absolute atomic E-state index is 12.3. The third kappa shape index (κ3) is 6.52. The number of hydrogen-bond donors (Lipinski definition) is 2. The third-order valence-electron chi connectivity index (χ3n) is 4.35. The summed E-state index contributed by atoms with van der Waals surface area (Å²) >= 11 is 5.84. The zero-order valence-electron chi connectivity index (χ0n) is 17.2. The van der Waals surface area contributed by atoms with E-state index in [0.29, 0.717) is 27.5 Å². The van der Waals surface area contributed by atoms with Crippen LogP contribution < -0.4 is 15.5 Å². The van der Waals surface area contributed by atoms with Gasteiger partial charge in [0, 0.05) is 10.6 Å². The first-order chi connectivity index (χ1) is 15.4. The third-order valence-corrected chi connectivity index (χ3v) is 4.59. The van der Waals surface area contributed by atoms with Crippen molar-refractivity contribution in [3.05, 3.63) is 100 Å². The summed E-state index contributed by atoms with van der Waals surface area (Å²) in [4.78, 5) is 36.1. The molecule has 0 fully saturated rings. The second-order valence-corrected chi connectivity index (χ2v) is 7.20. The lowest BCUT2D eigenvalue weighted by Gasteiger charge is -2.06. The van der Waals surface area contributed by atoms with Crippen LogP contribution in [0.3, 0.4) is 0 Å². The minimum Gasteiger partial charge on any atom is -0.423 e. The van der Waals surface area contributed by atoms with E-state index in [4.69, 9.17) is 16.3 Å². The van der Waals surface area contributed by atoms with Crippen LogP contribution in [0.4, 0.5) is 0 Å². The number of halogens is 1. The van der Waals surface area contributed by atoms with E-state index in [-0.39, 0.29) is 6.54 Å². The SMILES string of the molecule is Cc1ccccc1C(=O)Oc1ccc(/C=N\NC(=O)CNC(=O)c2cccc(Cl)c2)cc1. The number of hydrogen-bond acceptors (Lipinski definition) is 5. The van der Waals surface area contributed by atoms with Crippen LogP contribution >= 0.6 is 11.6 Å². The van der Waals surface area contributed by atoms with Crippen LogP contribution in [0.15, 0.2) is 77.9 Å². The van der Waals surface area contributed by atoms with Gasteiger partial charge >= 0.3 is 5.97 Å². The molecule has 0 spiro atoms. The molecule has 0 aliphatic carbocycles. The van der Waals surface area contributed by atoms with Gasteiger partial charge in [-0.2, -0.15) is 5.10 Å². The standard InChI is InChI=1S/C24H20ClN3O4/c1-16-5-2-3-8-21(16)24(31)32-20-11-9-17(10-12-20)14-27-28-22(29)15-26-23(30)18-6-4-7-19(25)13-18/h2-14H,15H2,1H3,(H,26,30)(H,28,29)/b27-14-. The van der Waals surface area contributed by atoms with Crippen LogP contribution in [-0.2, 0) is 4.79 Å². The van der Waals surface area contributed by atoms with Gasteiger partial charge < -0.3 is 10.1 Å². The predicted octanol–water partition coefficient (Wildman–Crippen LogP) is 3.75. The molecular weight excluding hydrogens is 430 g/mol. The van der Waals surface area contributed by atoms with E-state index >= 15 is 0 Å². The van der Waals surface area contributed by atoms with Gasteiger partial charge in [0.15, 0.2) is 0 Å². The molecule has 0 bridgehead atoms. The van der Waals surface area contributed by atoms with Crippen LogP contribution in [0, 0.1) is 6.92 Å². The second-order valence-electron chi connectivity index (χ2n) is 6.76. The van der Waals surface area contributed by atoms with Gasteiger partial charge in [0.2, 0.25) is 0 Å². The van der Waals surface area contributed by atoms with Gasteiger partial charge in [-0.05, 0) is 66.6 Å². The molecule has 0 unspecified atom stereocenters. The maximum atomic E-state index is 12.3. The molecule has 3 aromatic rings. The number of carbonyl (C=O) groups excluding carboxylic acids is 3. The molecule has 0 saturated heterocycles. The number of benzene rings is 3. The van der Waals surface area contributed by atoms with Gasteiger partial charge in [0.1, 0.15) is 5.75 Å². The number of nitrogens with one attached hydrogen (secondary N) is 2. The smallest absolute Gasteiger partial charge is 0.343 e. The summed E-state index contributed by atoms with van der Waals surface area (Å²) in [6.45, 7) is 1.60. The summed E-state index contributed by atoms with van der Waals surface area (Å²) in [5.74, 6) is -0.942. The summed E-state index contributed by atoms with van der Waals surface area (Å²) in [7, 11) is 0. The molecule has 3 aromatic carbocycles. The zero-order chi connectivity index (χ0) is 22.9. The van der Waals surface area contributed by atoms with Crippen LogP contribution in [0.25, 0.3) is 0 Å². The molecule has 0 aliphatic heterocycles. The molecule has 2 N–H and O–H groups in total. The fourth-order valence-corrected chi connectivity index (χ4v) is 2.89. The molecule has 0 saturated carbocycles. The number of ether oxygens (including phenoxy) is 1. The topological polar surface area (TPSA) is 96.9 Å².